The zero-order chi connectivity index (χ0) is 6.69. The van der Waals surface area contributed by atoms with Crippen LogP contribution in [-0.2, 0) is 0 Å². The van der Waals surface area contributed by atoms with Gasteiger partial charge in [-0.05, 0) is 6.42 Å². The summed E-state index contributed by atoms with van der Waals surface area (Å²) in [5.74, 6) is 0. The Hall–Kier alpha value is -0.340. The van der Waals surface area contributed by atoms with Gasteiger partial charge in [0.25, 0.3) is 0 Å². The van der Waals surface area contributed by atoms with E-state index in [1.54, 1.807) is 0 Å². The molecule has 1 N–H and O–H groups in total. The van der Waals surface area contributed by atoms with Crippen LogP contribution >= 0.6 is 0 Å². The van der Waals surface area contributed by atoms with E-state index in [-0.39, 0.29) is 6.23 Å². The highest BCUT2D eigenvalue weighted by Crippen LogP contribution is 2.04. The zero-order valence-electron chi connectivity index (χ0n) is 5.75. The lowest BCUT2D eigenvalue weighted by atomic mass is 10.4. The molecule has 0 aromatic heterocycles. The van der Waals surface area contributed by atoms with Crippen LogP contribution in [0.15, 0.2) is 12.2 Å². The molecule has 1 atom stereocenters. The lowest BCUT2D eigenvalue weighted by Gasteiger charge is -2.20. The van der Waals surface area contributed by atoms with Crippen LogP contribution in [0.3, 0.4) is 0 Å². The van der Waals surface area contributed by atoms with Gasteiger partial charge < -0.3 is 5.11 Å². The van der Waals surface area contributed by atoms with Gasteiger partial charge in [0.1, 0.15) is 6.23 Å². The molecule has 2 nitrogen and oxygen atoms in total. The van der Waals surface area contributed by atoms with E-state index in [2.05, 4.69) is 12.2 Å². The van der Waals surface area contributed by atoms with Gasteiger partial charge in [-0.25, -0.2) is 0 Å². The lowest BCUT2D eigenvalue weighted by Crippen LogP contribution is -2.31. The second kappa shape index (κ2) is 2.99. The summed E-state index contributed by atoms with van der Waals surface area (Å²) in [6.07, 6.45) is 4.75. The molecule has 1 aliphatic rings. The fourth-order valence-electron chi connectivity index (χ4n) is 0.996. The smallest absolute Gasteiger partial charge is 0.107 e. The lowest BCUT2D eigenvalue weighted by molar-refractivity contribution is 0.0218. The van der Waals surface area contributed by atoms with Crippen LogP contribution < -0.4 is 0 Å². The van der Waals surface area contributed by atoms with Crippen molar-refractivity contribution < 1.29 is 5.11 Å². The highest BCUT2D eigenvalue weighted by molar-refractivity contribution is 4.95. The minimum Gasteiger partial charge on any atom is -0.378 e. The summed E-state index contributed by atoms with van der Waals surface area (Å²) in [6.45, 7) is 3.81. The fraction of sp³-hybridized carbons (Fsp3) is 0.714. The predicted octanol–water partition coefficient (Wildman–Crippen LogP) is 0.587. The van der Waals surface area contributed by atoms with Crippen molar-refractivity contribution in [1.29, 1.82) is 0 Å². The SMILES string of the molecule is CCC(O)N1CC=CC1. The van der Waals surface area contributed by atoms with Gasteiger partial charge in [-0.2, -0.15) is 0 Å². The fourth-order valence-corrected chi connectivity index (χ4v) is 0.996. The zero-order valence-corrected chi connectivity index (χ0v) is 5.75. The first-order valence-electron chi connectivity index (χ1n) is 3.41. The third-order valence-electron chi connectivity index (χ3n) is 1.63. The highest BCUT2D eigenvalue weighted by atomic mass is 16.3. The van der Waals surface area contributed by atoms with Crippen molar-refractivity contribution in [3.05, 3.63) is 12.2 Å². The molecule has 9 heavy (non-hydrogen) atoms. The average Bonchev–Trinajstić information content (AvgIpc) is 2.37. The van der Waals surface area contributed by atoms with E-state index in [1.165, 1.54) is 0 Å². The Bertz CT molecular complexity index is 103. The Morgan fingerprint density at radius 1 is 1.56 bits per heavy atom. The molecule has 1 heterocycles. The standard InChI is InChI=1S/C7H13NO/c1-2-7(9)8-5-3-4-6-8/h3-4,7,9H,2,5-6H2,1H3. The van der Waals surface area contributed by atoms with E-state index in [9.17, 15) is 5.11 Å². The molecule has 52 valence electrons. The van der Waals surface area contributed by atoms with Gasteiger partial charge in [-0.3, -0.25) is 4.90 Å². The minimum atomic E-state index is -0.236. The number of aliphatic hydroxyl groups excluding tert-OH is 1. The molecule has 1 unspecified atom stereocenters. The molecule has 0 fully saturated rings. The molecular weight excluding hydrogens is 114 g/mol. The van der Waals surface area contributed by atoms with E-state index in [0.717, 1.165) is 19.5 Å². The second-order valence-corrected chi connectivity index (χ2v) is 2.31. The molecule has 0 saturated heterocycles. The number of hydrogen-bond acceptors (Lipinski definition) is 2. The largest absolute Gasteiger partial charge is 0.378 e. The molecule has 0 bridgehead atoms. The molecule has 1 rings (SSSR count). The van der Waals surface area contributed by atoms with Crippen LogP contribution in [-0.4, -0.2) is 29.3 Å². The molecule has 0 saturated carbocycles. The summed E-state index contributed by atoms with van der Waals surface area (Å²) in [4.78, 5) is 2.03. The summed E-state index contributed by atoms with van der Waals surface area (Å²) < 4.78 is 0. The van der Waals surface area contributed by atoms with E-state index in [1.807, 2.05) is 11.8 Å². The summed E-state index contributed by atoms with van der Waals surface area (Å²) in [5, 5.41) is 9.24. The maximum Gasteiger partial charge on any atom is 0.107 e. The van der Waals surface area contributed by atoms with Crippen molar-refractivity contribution in [3.8, 4) is 0 Å². The Kier molecular flexibility index (Phi) is 2.25. The monoisotopic (exact) mass is 127 g/mol. The van der Waals surface area contributed by atoms with Gasteiger partial charge in [-0.15, -0.1) is 0 Å². The maximum atomic E-state index is 9.24. The molecule has 0 aromatic rings. The van der Waals surface area contributed by atoms with Crippen LogP contribution in [0.4, 0.5) is 0 Å². The molecule has 0 aromatic carbocycles. The van der Waals surface area contributed by atoms with Gasteiger partial charge >= 0.3 is 0 Å². The van der Waals surface area contributed by atoms with Crippen molar-refractivity contribution in [2.75, 3.05) is 13.1 Å². The first kappa shape index (κ1) is 6.78. The Labute approximate surface area is 55.8 Å². The molecule has 1 aliphatic heterocycles. The summed E-state index contributed by atoms with van der Waals surface area (Å²) in [7, 11) is 0. The molecule has 0 radical (unpaired) electrons. The molecular formula is C7H13NO. The maximum absolute atomic E-state index is 9.24. The normalized spacial score (nSPS) is 22.9. The van der Waals surface area contributed by atoms with Crippen molar-refractivity contribution in [2.24, 2.45) is 0 Å². The van der Waals surface area contributed by atoms with Gasteiger partial charge in [0, 0.05) is 13.1 Å². The van der Waals surface area contributed by atoms with Gasteiger partial charge in [0.2, 0.25) is 0 Å². The summed E-state index contributed by atoms with van der Waals surface area (Å²) in [5.41, 5.74) is 0. The first-order chi connectivity index (χ1) is 4.34. The Morgan fingerprint density at radius 2 is 2.11 bits per heavy atom. The highest BCUT2D eigenvalue weighted by Gasteiger charge is 2.12. The number of nitrogens with zero attached hydrogens (tertiary/aromatic N) is 1. The Balaban J connectivity index is 2.27. The van der Waals surface area contributed by atoms with E-state index >= 15 is 0 Å². The average molecular weight is 127 g/mol. The predicted molar refractivity (Wildman–Crippen MR) is 37.0 cm³/mol. The summed E-state index contributed by atoms with van der Waals surface area (Å²) in [6, 6.07) is 0. The van der Waals surface area contributed by atoms with E-state index < -0.39 is 0 Å². The van der Waals surface area contributed by atoms with E-state index in [0.29, 0.717) is 0 Å². The number of hydrogen-bond donors (Lipinski definition) is 1. The Morgan fingerprint density at radius 3 is 2.56 bits per heavy atom. The summed E-state index contributed by atoms with van der Waals surface area (Å²) >= 11 is 0. The quantitative estimate of drug-likeness (QED) is 0.549. The van der Waals surface area contributed by atoms with Crippen LogP contribution in [0.5, 0.6) is 0 Å². The van der Waals surface area contributed by atoms with Crippen LogP contribution in [0.2, 0.25) is 0 Å². The van der Waals surface area contributed by atoms with Gasteiger partial charge in [0.15, 0.2) is 0 Å². The third kappa shape index (κ3) is 1.53. The third-order valence-corrected chi connectivity index (χ3v) is 1.63. The molecule has 0 amide bonds. The van der Waals surface area contributed by atoms with E-state index in [4.69, 9.17) is 0 Å². The van der Waals surface area contributed by atoms with Crippen molar-refractivity contribution in [3.63, 3.8) is 0 Å². The van der Waals surface area contributed by atoms with Crippen LogP contribution in [0.1, 0.15) is 13.3 Å². The van der Waals surface area contributed by atoms with Gasteiger partial charge in [-0.1, -0.05) is 19.1 Å². The second-order valence-electron chi connectivity index (χ2n) is 2.31. The number of rotatable bonds is 2. The minimum absolute atomic E-state index is 0.236. The van der Waals surface area contributed by atoms with Crippen molar-refractivity contribution >= 4 is 0 Å². The van der Waals surface area contributed by atoms with Crippen LogP contribution in [0.25, 0.3) is 0 Å². The van der Waals surface area contributed by atoms with Crippen LogP contribution in [0, 0.1) is 0 Å². The molecule has 2 heteroatoms. The van der Waals surface area contributed by atoms with Gasteiger partial charge in [0.05, 0.1) is 0 Å². The van der Waals surface area contributed by atoms with Crippen molar-refractivity contribution in [2.45, 2.75) is 19.6 Å². The first-order valence-corrected chi connectivity index (χ1v) is 3.41. The molecule has 0 spiro atoms. The molecule has 0 aliphatic carbocycles. The number of aliphatic hydroxyl groups is 1. The van der Waals surface area contributed by atoms with Crippen molar-refractivity contribution in [1.82, 2.24) is 4.90 Å². The topological polar surface area (TPSA) is 23.5 Å².